The first-order chi connectivity index (χ1) is 30.8. The van der Waals surface area contributed by atoms with E-state index in [0.29, 0.717) is 38.5 Å². The summed E-state index contributed by atoms with van der Waals surface area (Å²) in [7, 11) is 0. The highest BCUT2D eigenvalue weighted by atomic mass is 16.8. The van der Waals surface area contributed by atoms with Crippen LogP contribution in [0.3, 0.4) is 0 Å². The van der Waals surface area contributed by atoms with Gasteiger partial charge in [-0.25, -0.2) is 0 Å². The van der Waals surface area contributed by atoms with Crippen molar-refractivity contribution in [2.75, 3.05) is 13.2 Å². The fourth-order valence-electron chi connectivity index (χ4n) is 15.2. The van der Waals surface area contributed by atoms with E-state index in [1.807, 2.05) is 13.8 Å². The highest BCUT2D eigenvalue weighted by molar-refractivity contribution is 5.79. The van der Waals surface area contributed by atoms with E-state index in [1.54, 1.807) is 0 Å². The van der Waals surface area contributed by atoms with Gasteiger partial charge in [0.15, 0.2) is 12.6 Å². The molecule has 0 radical (unpaired) electrons. The van der Waals surface area contributed by atoms with Crippen molar-refractivity contribution in [2.24, 2.45) is 50.7 Å². The first kappa shape index (κ1) is 50.9. The largest absolute Gasteiger partial charge is 0.432 e. The summed E-state index contributed by atoms with van der Waals surface area (Å²) in [6.45, 7) is 15.4. The Morgan fingerprint density at radius 3 is 1.91 bits per heavy atom. The monoisotopic (exact) mass is 943 g/mol. The van der Waals surface area contributed by atoms with Crippen LogP contribution in [0, 0.1) is 50.7 Å². The minimum Gasteiger partial charge on any atom is -0.432 e. The number of carbonyl (C=O) groups is 1. The molecule has 11 N–H and O–H groups in total. The summed E-state index contributed by atoms with van der Waals surface area (Å²) in [6, 6.07) is 0. The molecular formula is C48H78O18. The summed E-state index contributed by atoms with van der Waals surface area (Å²) < 4.78 is 36.2. The number of aliphatic hydroxyl groups is 11. The number of aliphatic hydroxyl groups excluding tert-OH is 10. The number of esters is 1. The third kappa shape index (κ3) is 7.52. The molecule has 3 aliphatic heterocycles. The Balaban J connectivity index is 1.06. The predicted molar refractivity (Wildman–Crippen MR) is 230 cm³/mol. The molecule has 0 aromatic carbocycles. The minimum absolute atomic E-state index is 0.127. The zero-order chi connectivity index (χ0) is 48.4. The number of hydrogen-bond donors (Lipinski definition) is 11. The molecule has 0 bridgehead atoms. The lowest BCUT2D eigenvalue weighted by molar-refractivity contribution is -0.376. The number of rotatable bonds is 8. The van der Waals surface area contributed by atoms with Gasteiger partial charge < -0.3 is 84.6 Å². The summed E-state index contributed by atoms with van der Waals surface area (Å²) in [5, 5.41) is 118. The van der Waals surface area contributed by atoms with Crippen molar-refractivity contribution in [3.63, 3.8) is 0 Å². The zero-order valence-corrected chi connectivity index (χ0v) is 39.7. The first-order valence-corrected chi connectivity index (χ1v) is 24.3. The maximum absolute atomic E-state index is 14.8. The standard InChI is InChI=1S/C48H78O18/c1-21-11-16-48(42(59)66-40-36(58)33(55)30(52)24(19-49)62-40)18-17-45(6)23(38(48)47(21,8)60)9-10-27-44(5)14-13-28(43(3,4)26(44)12-15-46(27,45)7)64-41-37(34(56)31(53)25(20-50)63-41)65-39-35(57)32(54)29(51)22(2)61-39/h9,21-22,24-41,49-58,60H,10-20H2,1-8H3. The quantitative estimate of drug-likeness (QED) is 0.0877. The second-order valence-corrected chi connectivity index (χ2v) is 23.1. The molecule has 3 saturated heterocycles. The Morgan fingerprint density at radius 2 is 1.26 bits per heavy atom. The SMILES string of the molecule is CC1OC(OC2C(OC3CCC4(C)C(CCC5(C)C4CC=C4C6C(C(=O)OC7OC(CO)C(O)C(O)C7O)(CCC(C)C6(C)O)CCC45C)C3(C)C)OC(CO)C(O)C2O)C(O)C(O)C1O. The van der Waals surface area contributed by atoms with Gasteiger partial charge in [0.05, 0.1) is 36.4 Å². The van der Waals surface area contributed by atoms with Crippen LogP contribution in [0.5, 0.6) is 0 Å². The van der Waals surface area contributed by atoms with Gasteiger partial charge in [0, 0.05) is 5.92 Å². The number of ether oxygens (including phenoxy) is 6. The van der Waals surface area contributed by atoms with Crippen LogP contribution in [0.4, 0.5) is 0 Å². The molecule has 7 fully saturated rings. The van der Waals surface area contributed by atoms with Gasteiger partial charge in [-0.15, -0.1) is 0 Å². The van der Waals surface area contributed by atoms with E-state index in [1.165, 1.54) is 6.92 Å². The van der Waals surface area contributed by atoms with Crippen LogP contribution < -0.4 is 0 Å². The molecule has 3 heterocycles. The maximum Gasteiger partial charge on any atom is 0.315 e. The fraction of sp³-hybridized carbons (Fsp3) is 0.938. The molecule has 18 nitrogen and oxygen atoms in total. The molecule has 25 unspecified atom stereocenters. The lowest BCUT2D eigenvalue weighted by atomic mass is 9.33. The summed E-state index contributed by atoms with van der Waals surface area (Å²) in [5.74, 6) is -1.13. The lowest BCUT2D eigenvalue weighted by Gasteiger charge is -2.72. The predicted octanol–water partition coefficient (Wildman–Crippen LogP) is 0.139. The molecule has 18 heteroatoms. The van der Waals surface area contributed by atoms with Crippen LogP contribution in [-0.4, -0.2) is 179 Å². The highest BCUT2D eigenvalue weighted by Gasteiger charge is 2.72. The molecule has 0 aromatic rings. The van der Waals surface area contributed by atoms with Crippen molar-refractivity contribution < 1.29 is 89.4 Å². The van der Waals surface area contributed by atoms with Crippen LogP contribution in [0.1, 0.15) is 113 Å². The zero-order valence-electron chi connectivity index (χ0n) is 39.7. The number of fused-ring (bicyclic) bond motifs is 7. The van der Waals surface area contributed by atoms with E-state index in [4.69, 9.17) is 28.4 Å². The van der Waals surface area contributed by atoms with Gasteiger partial charge in [-0.1, -0.05) is 53.2 Å². The smallest absolute Gasteiger partial charge is 0.315 e. The van der Waals surface area contributed by atoms with Gasteiger partial charge in [-0.2, -0.15) is 0 Å². The van der Waals surface area contributed by atoms with Gasteiger partial charge in [0.2, 0.25) is 6.29 Å². The Labute approximate surface area is 387 Å². The molecule has 0 amide bonds. The molecule has 66 heavy (non-hydrogen) atoms. The van der Waals surface area contributed by atoms with Crippen LogP contribution in [0.2, 0.25) is 0 Å². The third-order valence-corrected chi connectivity index (χ3v) is 19.7. The van der Waals surface area contributed by atoms with E-state index in [-0.39, 0.29) is 28.6 Å². The second-order valence-electron chi connectivity index (χ2n) is 23.1. The van der Waals surface area contributed by atoms with Crippen molar-refractivity contribution in [1.29, 1.82) is 0 Å². The van der Waals surface area contributed by atoms with Gasteiger partial charge >= 0.3 is 5.97 Å². The van der Waals surface area contributed by atoms with Gasteiger partial charge in [0.25, 0.3) is 0 Å². The number of carbonyl (C=O) groups excluding carboxylic acids is 1. The Bertz CT molecular complexity index is 1810. The summed E-state index contributed by atoms with van der Waals surface area (Å²) in [6.07, 6.45) is -14.7. The Hall–Kier alpha value is -1.43. The normalized spacial score (nSPS) is 55.9. The first-order valence-electron chi connectivity index (χ1n) is 24.3. The van der Waals surface area contributed by atoms with E-state index in [9.17, 15) is 61.0 Å². The molecule has 5 aliphatic carbocycles. The van der Waals surface area contributed by atoms with Crippen molar-refractivity contribution in [3.05, 3.63) is 11.6 Å². The molecule has 25 atom stereocenters. The van der Waals surface area contributed by atoms with Crippen molar-refractivity contribution in [3.8, 4) is 0 Å². The van der Waals surface area contributed by atoms with Gasteiger partial charge in [-0.3, -0.25) is 4.79 Å². The summed E-state index contributed by atoms with van der Waals surface area (Å²) >= 11 is 0. The van der Waals surface area contributed by atoms with Crippen LogP contribution in [-0.2, 0) is 33.2 Å². The van der Waals surface area contributed by atoms with Gasteiger partial charge in [-0.05, 0) is 111 Å². The van der Waals surface area contributed by atoms with Crippen molar-refractivity contribution in [2.45, 2.75) is 217 Å². The molecule has 4 saturated carbocycles. The maximum atomic E-state index is 14.8. The molecular weight excluding hydrogens is 865 g/mol. The second kappa shape index (κ2) is 17.7. The fourth-order valence-corrected chi connectivity index (χ4v) is 15.2. The molecule has 8 rings (SSSR count). The van der Waals surface area contributed by atoms with Crippen LogP contribution >= 0.6 is 0 Å². The Morgan fingerprint density at radius 1 is 0.652 bits per heavy atom. The summed E-state index contributed by atoms with van der Waals surface area (Å²) in [4.78, 5) is 14.8. The third-order valence-electron chi connectivity index (χ3n) is 19.7. The average Bonchev–Trinajstić information content (AvgIpc) is 3.26. The van der Waals surface area contributed by atoms with E-state index in [2.05, 4.69) is 40.7 Å². The van der Waals surface area contributed by atoms with Crippen LogP contribution in [0.15, 0.2) is 11.6 Å². The Kier molecular flexibility index (Phi) is 13.7. The van der Waals surface area contributed by atoms with Gasteiger partial charge in [0.1, 0.15) is 67.1 Å². The van der Waals surface area contributed by atoms with E-state index < -0.39 is 145 Å². The van der Waals surface area contributed by atoms with Crippen molar-refractivity contribution in [1.82, 2.24) is 0 Å². The van der Waals surface area contributed by atoms with E-state index >= 15 is 0 Å². The topological polar surface area (TPSA) is 295 Å². The molecule has 8 aliphatic rings. The lowest BCUT2D eigenvalue weighted by Crippen LogP contribution is -2.68. The average molecular weight is 943 g/mol. The minimum atomic E-state index is -1.76. The highest BCUT2D eigenvalue weighted by Crippen LogP contribution is 2.76. The summed E-state index contributed by atoms with van der Waals surface area (Å²) in [5.41, 5.74) is -2.86. The number of hydrogen-bond acceptors (Lipinski definition) is 18. The molecule has 0 spiro atoms. The van der Waals surface area contributed by atoms with E-state index in [0.717, 1.165) is 24.8 Å². The molecule has 378 valence electrons. The van der Waals surface area contributed by atoms with Crippen molar-refractivity contribution >= 4 is 5.97 Å². The van der Waals surface area contributed by atoms with Crippen LogP contribution in [0.25, 0.3) is 0 Å². The number of allylic oxidation sites excluding steroid dienone is 1. The molecule has 0 aromatic heterocycles.